The summed E-state index contributed by atoms with van der Waals surface area (Å²) in [6.45, 7) is 2.00. The molecule has 0 aliphatic rings. The first-order valence-electron chi connectivity index (χ1n) is 9.40. The minimum Gasteiger partial charge on any atom is -0.340 e. The largest absolute Gasteiger partial charge is 0.340 e. The van der Waals surface area contributed by atoms with E-state index in [1.54, 1.807) is 42.5 Å². The van der Waals surface area contributed by atoms with Crippen LogP contribution in [0.2, 0.25) is 0 Å². The molecule has 1 amide bonds. The van der Waals surface area contributed by atoms with Crippen molar-refractivity contribution in [2.24, 2.45) is 0 Å². The van der Waals surface area contributed by atoms with E-state index in [-0.39, 0.29) is 11.7 Å². The normalized spacial score (nSPS) is 10.5. The van der Waals surface area contributed by atoms with Gasteiger partial charge in [-0.05, 0) is 55.5 Å². The van der Waals surface area contributed by atoms with Crippen molar-refractivity contribution in [3.63, 3.8) is 0 Å². The Morgan fingerprint density at radius 2 is 1.60 bits per heavy atom. The lowest BCUT2D eigenvalue weighted by Gasteiger charge is -2.09. The van der Waals surface area contributed by atoms with E-state index in [9.17, 15) is 9.18 Å². The molecule has 0 atom stereocenters. The summed E-state index contributed by atoms with van der Waals surface area (Å²) in [5.41, 5.74) is 4.48. The van der Waals surface area contributed by atoms with Crippen molar-refractivity contribution in [2.75, 3.05) is 10.6 Å². The van der Waals surface area contributed by atoms with E-state index in [1.807, 2.05) is 31.2 Å². The molecule has 148 valence electrons. The molecule has 0 spiro atoms. The molecule has 5 nitrogen and oxygen atoms in total. The van der Waals surface area contributed by atoms with Gasteiger partial charge in [-0.15, -0.1) is 0 Å². The molecule has 4 aromatic rings. The van der Waals surface area contributed by atoms with Crippen LogP contribution in [-0.2, 0) is 0 Å². The van der Waals surface area contributed by atoms with Gasteiger partial charge in [0.1, 0.15) is 18.0 Å². The first-order chi connectivity index (χ1) is 14.6. The number of nitrogens with zero attached hydrogens (tertiary/aromatic N) is 2. The summed E-state index contributed by atoms with van der Waals surface area (Å²) in [6.07, 6.45) is 1.42. The van der Waals surface area contributed by atoms with Crippen LogP contribution in [0.4, 0.5) is 21.6 Å². The van der Waals surface area contributed by atoms with Crippen molar-refractivity contribution in [3.8, 4) is 11.3 Å². The Balaban J connectivity index is 1.45. The van der Waals surface area contributed by atoms with E-state index in [2.05, 4.69) is 20.6 Å². The number of rotatable bonds is 5. The Bertz CT molecular complexity index is 1170. The van der Waals surface area contributed by atoms with Gasteiger partial charge in [0, 0.05) is 28.6 Å². The topological polar surface area (TPSA) is 66.9 Å². The molecule has 4 rings (SSSR count). The van der Waals surface area contributed by atoms with Gasteiger partial charge in [-0.25, -0.2) is 14.4 Å². The summed E-state index contributed by atoms with van der Waals surface area (Å²) in [5.74, 6) is 0.0714. The van der Waals surface area contributed by atoms with Crippen molar-refractivity contribution >= 4 is 23.1 Å². The summed E-state index contributed by atoms with van der Waals surface area (Å²) >= 11 is 0. The average Bonchev–Trinajstić information content (AvgIpc) is 2.76. The number of benzene rings is 3. The highest BCUT2D eigenvalue weighted by molar-refractivity contribution is 6.04. The van der Waals surface area contributed by atoms with Crippen LogP contribution in [0.3, 0.4) is 0 Å². The number of nitrogens with one attached hydrogen (secondary N) is 2. The number of aromatic nitrogens is 2. The Morgan fingerprint density at radius 1 is 0.867 bits per heavy atom. The number of hydrogen-bond donors (Lipinski definition) is 2. The SMILES string of the molecule is Cc1ccc(NC(=O)c2ccc(Nc3cc(-c4cccc(F)c4)ncn3)cc2)cc1. The van der Waals surface area contributed by atoms with Crippen molar-refractivity contribution in [1.29, 1.82) is 0 Å². The molecule has 0 saturated carbocycles. The first-order valence-corrected chi connectivity index (χ1v) is 9.40. The molecule has 1 aromatic heterocycles. The first kappa shape index (κ1) is 19.3. The molecule has 0 radical (unpaired) electrons. The lowest BCUT2D eigenvalue weighted by Crippen LogP contribution is -2.11. The van der Waals surface area contributed by atoms with Crippen LogP contribution in [0.15, 0.2) is 85.2 Å². The Labute approximate surface area is 173 Å². The molecular formula is C24H19FN4O. The Hall–Kier alpha value is -4.06. The third-order valence-corrected chi connectivity index (χ3v) is 4.52. The molecular weight excluding hydrogens is 379 g/mol. The minimum atomic E-state index is -0.319. The second kappa shape index (κ2) is 8.53. The van der Waals surface area contributed by atoms with Crippen LogP contribution in [0.5, 0.6) is 0 Å². The molecule has 0 saturated heterocycles. The van der Waals surface area contributed by atoms with Gasteiger partial charge in [0.15, 0.2) is 0 Å². The predicted octanol–water partition coefficient (Wildman–Crippen LogP) is 5.59. The smallest absolute Gasteiger partial charge is 0.255 e. The third kappa shape index (κ3) is 4.67. The molecule has 0 unspecified atom stereocenters. The van der Waals surface area contributed by atoms with Gasteiger partial charge in [-0.3, -0.25) is 4.79 Å². The van der Waals surface area contributed by atoms with Crippen LogP contribution in [-0.4, -0.2) is 15.9 Å². The Morgan fingerprint density at radius 3 is 2.33 bits per heavy atom. The number of carbonyl (C=O) groups excluding carboxylic acids is 1. The lowest BCUT2D eigenvalue weighted by atomic mass is 10.1. The van der Waals surface area contributed by atoms with Crippen molar-refractivity contribution in [1.82, 2.24) is 9.97 Å². The number of amides is 1. The minimum absolute atomic E-state index is 0.180. The lowest BCUT2D eigenvalue weighted by molar-refractivity contribution is 0.102. The fraction of sp³-hybridized carbons (Fsp3) is 0.0417. The maximum absolute atomic E-state index is 13.5. The van der Waals surface area contributed by atoms with E-state index in [4.69, 9.17) is 0 Å². The van der Waals surface area contributed by atoms with E-state index in [1.165, 1.54) is 18.5 Å². The number of carbonyl (C=O) groups is 1. The van der Waals surface area contributed by atoms with Crippen LogP contribution in [0.1, 0.15) is 15.9 Å². The monoisotopic (exact) mass is 398 g/mol. The van der Waals surface area contributed by atoms with Crippen molar-refractivity contribution < 1.29 is 9.18 Å². The van der Waals surface area contributed by atoms with Gasteiger partial charge in [-0.2, -0.15) is 0 Å². The fourth-order valence-corrected chi connectivity index (χ4v) is 2.92. The summed E-state index contributed by atoms with van der Waals surface area (Å²) in [5, 5.41) is 6.05. The molecule has 3 aromatic carbocycles. The zero-order valence-electron chi connectivity index (χ0n) is 16.3. The number of anilines is 3. The van der Waals surface area contributed by atoms with Gasteiger partial charge in [-0.1, -0.05) is 29.8 Å². The van der Waals surface area contributed by atoms with E-state index < -0.39 is 0 Å². The molecule has 0 aliphatic heterocycles. The second-order valence-electron chi connectivity index (χ2n) is 6.82. The standard InChI is InChI=1S/C24H19FN4O/c1-16-5-9-21(10-6-16)29-24(30)17-7-11-20(12-8-17)28-23-14-22(26-15-27-23)18-3-2-4-19(25)13-18/h2-15H,1H3,(H,29,30)(H,26,27,28). The van der Waals surface area contributed by atoms with Crippen LogP contribution in [0.25, 0.3) is 11.3 Å². The zero-order valence-corrected chi connectivity index (χ0v) is 16.3. The Kier molecular flexibility index (Phi) is 5.48. The van der Waals surface area contributed by atoms with Gasteiger partial charge >= 0.3 is 0 Å². The van der Waals surface area contributed by atoms with Crippen LogP contribution < -0.4 is 10.6 Å². The van der Waals surface area contributed by atoms with Crippen LogP contribution in [0, 0.1) is 12.7 Å². The predicted molar refractivity (Wildman–Crippen MR) is 116 cm³/mol. The molecule has 0 bridgehead atoms. The highest BCUT2D eigenvalue weighted by atomic mass is 19.1. The zero-order chi connectivity index (χ0) is 20.9. The number of hydrogen-bond acceptors (Lipinski definition) is 4. The van der Waals surface area contributed by atoms with E-state index in [0.29, 0.717) is 22.6 Å². The third-order valence-electron chi connectivity index (χ3n) is 4.52. The maximum Gasteiger partial charge on any atom is 0.255 e. The van der Waals surface area contributed by atoms with E-state index >= 15 is 0 Å². The molecule has 6 heteroatoms. The van der Waals surface area contributed by atoms with Gasteiger partial charge in [0.25, 0.3) is 5.91 Å². The average molecular weight is 398 g/mol. The molecule has 2 N–H and O–H groups in total. The second-order valence-corrected chi connectivity index (χ2v) is 6.82. The van der Waals surface area contributed by atoms with Crippen molar-refractivity contribution in [3.05, 3.63) is 102 Å². The van der Waals surface area contributed by atoms with Crippen LogP contribution >= 0.6 is 0 Å². The van der Waals surface area contributed by atoms with Gasteiger partial charge < -0.3 is 10.6 Å². The summed E-state index contributed by atoms with van der Waals surface area (Å²) in [7, 11) is 0. The molecule has 1 heterocycles. The molecule has 0 aliphatic carbocycles. The number of halogens is 1. The maximum atomic E-state index is 13.5. The highest BCUT2D eigenvalue weighted by Crippen LogP contribution is 2.22. The van der Waals surface area contributed by atoms with E-state index in [0.717, 1.165) is 16.9 Å². The summed E-state index contributed by atoms with van der Waals surface area (Å²) in [6, 6.07) is 22.7. The van der Waals surface area contributed by atoms with Gasteiger partial charge in [0.2, 0.25) is 0 Å². The molecule has 0 fully saturated rings. The molecule has 30 heavy (non-hydrogen) atoms. The van der Waals surface area contributed by atoms with Gasteiger partial charge in [0.05, 0.1) is 5.69 Å². The fourth-order valence-electron chi connectivity index (χ4n) is 2.92. The summed E-state index contributed by atoms with van der Waals surface area (Å²) in [4.78, 5) is 20.8. The summed E-state index contributed by atoms with van der Waals surface area (Å²) < 4.78 is 13.5. The number of aryl methyl sites for hydroxylation is 1. The van der Waals surface area contributed by atoms with Crippen molar-refractivity contribution in [2.45, 2.75) is 6.92 Å². The highest BCUT2D eigenvalue weighted by Gasteiger charge is 2.07. The quantitative estimate of drug-likeness (QED) is 0.460.